The van der Waals surface area contributed by atoms with Gasteiger partial charge in [-0.15, -0.1) is 0 Å². The standard InChI is InChI=1S/C12H20N2O2S/c1-4-10-7-16-8(2)6-14(10)12-13-5-11(17-12)9(3)15/h5,8-10,15H,4,6-7H2,1-3H3. The first-order valence-corrected chi connectivity index (χ1v) is 6.95. The van der Waals surface area contributed by atoms with Gasteiger partial charge in [0.25, 0.3) is 0 Å². The van der Waals surface area contributed by atoms with Crippen LogP contribution in [-0.2, 0) is 4.74 Å². The smallest absolute Gasteiger partial charge is 0.186 e. The summed E-state index contributed by atoms with van der Waals surface area (Å²) in [4.78, 5) is 7.66. The molecule has 1 aliphatic heterocycles. The molecule has 0 spiro atoms. The van der Waals surface area contributed by atoms with Crippen LogP contribution < -0.4 is 4.90 Å². The molecule has 0 aliphatic carbocycles. The van der Waals surface area contributed by atoms with E-state index in [1.165, 1.54) is 0 Å². The predicted octanol–water partition coefficient (Wildman–Crippen LogP) is 2.20. The van der Waals surface area contributed by atoms with E-state index in [0.29, 0.717) is 6.04 Å². The van der Waals surface area contributed by atoms with Gasteiger partial charge < -0.3 is 14.7 Å². The van der Waals surface area contributed by atoms with E-state index in [1.54, 1.807) is 24.5 Å². The third kappa shape index (κ3) is 2.78. The summed E-state index contributed by atoms with van der Waals surface area (Å²) in [5.74, 6) is 0. The van der Waals surface area contributed by atoms with Crippen molar-refractivity contribution in [3.05, 3.63) is 11.1 Å². The van der Waals surface area contributed by atoms with Crippen LogP contribution >= 0.6 is 11.3 Å². The SMILES string of the molecule is CCC1COC(C)CN1c1ncc(C(C)O)s1. The van der Waals surface area contributed by atoms with Crippen LogP contribution in [0.2, 0.25) is 0 Å². The molecule has 1 aromatic heterocycles. The lowest BCUT2D eigenvalue weighted by atomic mass is 10.1. The van der Waals surface area contributed by atoms with E-state index in [9.17, 15) is 5.11 Å². The molecule has 0 radical (unpaired) electrons. The van der Waals surface area contributed by atoms with Crippen molar-refractivity contribution in [1.29, 1.82) is 0 Å². The second kappa shape index (κ2) is 5.33. The fraction of sp³-hybridized carbons (Fsp3) is 0.750. The van der Waals surface area contributed by atoms with Crippen molar-refractivity contribution in [2.45, 2.75) is 45.4 Å². The number of aliphatic hydroxyl groups excluding tert-OH is 1. The Morgan fingerprint density at radius 1 is 1.71 bits per heavy atom. The zero-order chi connectivity index (χ0) is 12.4. The molecule has 2 heterocycles. The number of morpholine rings is 1. The van der Waals surface area contributed by atoms with Gasteiger partial charge in [0.05, 0.1) is 29.7 Å². The largest absolute Gasteiger partial charge is 0.388 e. The van der Waals surface area contributed by atoms with E-state index in [0.717, 1.165) is 29.6 Å². The Morgan fingerprint density at radius 2 is 2.47 bits per heavy atom. The second-order valence-corrected chi connectivity index (χ2v) is 5.62. The van der Waals surface area contributed by atoms with Gasteiger partial charge in [0.1, 0.15) is 0 Å². The molecule has 5 heteroatoms. The molecule has 3 atom stereocenters. The van der Waals surface area contributed by atoms with Crippen LogP contribution in [0.25, 0.3) is 0 Å². The summed E-state index contributed by atoms with van der Waals surface area (Å²) in [7, 11) is 0. The van der Waals surface area contributed by atoms with Crippen molar-refractivity contribution < 1.29 is 9.84 Å². The molecule has 17 heavy (non-hydrogen) atoms. The maximum Gasteiger partial charge on any atom is 0.186 e. The van der Waals surface area contributed by atoms with Crippen molar-refractivity contribution in [2.75, 3.05) is 18.1 Å². The van der Waals surface area contributed by atoms with E-state index in [1.807, 2.05) is 0 Å². The number of aliphatic hydroxyl groups is 1. The average Bonchev–Trinajstić information content (AvgIpc) is 2.78. The highest BCUT2D eigenvalue weighted by Crippen LogP contribution is 2.30. The maximum absolute atomic E-state index is 9.54. The van der Waals surface area contributed by atoms with E-state index in [2.05, 4.69) is 23.7 Å². The molecule has 4 nitrogen and oxygen atoms in total. The molecule has 0 aromatic carbocycles. The van der Waals surface area contributed by atoms with Crippen molar-refractivity contribution in [2.24, 2.45) is 0 Å². The lowest BCUT2D eigenvalue weighted by Gasteiger charge is -2.38. The lowest BCUT2D eigenvalue weighted by Crippen LogP contribution is -2.48. The number of nitrogens with zero attached hydrogens (tertiary/aromatic N) is 2. The van der Waals surface area contributed by atoms with Gasteiger partial charge in [-0.25, -0.2) is 4.98 Å². The molecular formula is C12H20N2O2S. The Hall–Kier alpha value is -0.650. The van der Waals surface area contributed by atoms with E-state index < -0.39 is 6.10 Å². The van der Waals surface area contributed by atoms with E-state index in [4.69, 9.17) is 4.74 Å². The van der Waals surface area contributed by atoms with Crippen molar-refractivity contribution in [1.82, 2.24) is 4.98 Å². The van der Waals surface area contributed by atoms with Crippen molar-refractivity contribution in [3.8, 4) is 0 Å². The molecule has 2 rings (SSSR count). The molecule has 0 saturated carbocycles. The normalized spacial score (nSPS) is 27.2. The summed E-state index contributed by atoms with van der Waals surface area (Å²) in [6.07, 6.45) is 2.64. The fourth-order valence-electron chi connectivity index (χ4n) is 2.02. The van der Waals surface area contributed by atoms with Gasteiger partial charge in [-0.05, 0) is 20.3 Å². The van der Waals surface area contributed by atoms with Crippen molar-refractivity contribution in [3.63, 3.8) is 0 Å². The lowest BCUT2D eigenvalue weighted by molar-refractivity contribution is 0.0299. The fourth-order valence-corrected chi connectivity index (χ4v) is 2.95. The zero-order valence-electron chi connectivity index (χ0n) is 10.6. The third-order valence-electron chi connectivity index (χ3n) is 3.11. The molecule has 1 saturated heterocycles. The van der Waals surface area contributed by atoms with Crippen LogP contribution in [-0.4, -0.2) is 35.4 Å². The predicted molar refractivity (Wildman–Crippen MR) is 69.6 cm³/mol. The minimum Gasteiger partial charge on any atom is -0.388 e. The average molecular weight is 256 g/mol. The molecular weight excluding hydrogens is 236 g/mol. The summed E-state index contributed by atoms with van der Waals surface area (Å²) in [6.45, 7) is 7.67. The Balaban J connectivity index is 2.17. The first-order chi connectivity index (χ1) is 8.11. The third-order valence-corrected chi connectivity index (χ3v) is 4.31. The summed E-state index contributed by atoms with van der Waals surface area (Å²) >= 11 is 1.58. The minimum atomic E-state index is -0.431. The van der Waals surface area contributed by atoms with Gasteiger partial charge >= 0.3 is 0 Å². The summed E-state index contributed by atoms with van der Waals surface area (Å²) < 4.78 is 5.67. The number of aromatic nitrogens is 1. The quantitative estimate of drug-likeness (QED) is 0.900. The van der Waals surface area contributed by atoms with E-state index >= 15 is 0 Å². The monoisotopic (exact) mass is 256 g/mol. The first kappa shape index (κ1) is 12.8. The van der Waals surface area contributed by atoms with Gasteiger partial charge in [0, 0.05) is 12.7 Å². The Morgan fingerprint density at radius 3 is 3.06 bits per heavy atom. The number of hydrogen-bond acceptors (Lipinski definition) is 5. The molecule has 0 amide bonds. The van der Waals surface area contributed by atoms with Gasteiger partial charge in [-0.1, -0.05) is 18.3 Å². The van der Waals surface area contributed by atoms with Crippen LogP contribution in [0.4, 0.5) is 5.13 Å². The van der Waals surface area contributed by atoms with Crippen LogP contribution in [0.3, 0.4) is 0 Å². The molecule has 1 fully saturated rings. The zero-order valence-corrected chi connectivity index (χ0v) is 11.4. The summed E-state index contributed by atoms with van der Waals surface area (Å²) in [5, 5.41) is 10.5. The Labute approximate surface area is 106 Å². The van der Waals surface area contributed by atoms with Crippen LogP contribution in [0, 0.1) is 0 Å². The maximum atomic E-state index is 9.54. The molecule has 3 unspecified atom stereocenters. The van der Waals surface area contributed by atoms with Gasteiger partial charge in [0.15, 0.2) is 5.13 Å². The first-order valence-electron chi connectivity index (χ1n) is 6.13. The molecule has 1 aliphatic rings. The number of ether oxygens (including phenoxy) is 1. The topological polar surface area (TPSA) is 45.6 Å². The molecule has 1 N–H and O–H groups in total. The summed E-state index contributed by atoms with van der Waals surface area (Å²) in [5.41, 5.74) is 0. The number of hydrogen-bond donors (Lipinski definition) is 1. The van der Waals surface area contributed by atoms with E-state index in [-0.39, 0.29) is 6.10 Å². The number of thiazole rings is 1. The highest BCUT2D eigenvalue weighted by molar-refractivity contribution is 7.15. The second-order valence-electron chi connectivity index (χ2n) is 4.58. The van der Waals surface area contributed by atoms with Gasteiger partial charge in [0.2, 0.25) is 0 Å². The highest BCUT2D eigenvalue weighted by Gasteiger charge is 2.27. The Kier molecular flexibility index (Phi) is 4.01. The van der Waals surface area contributed by atoms with Crippen LogP contribution in [0.5, 0.6) is 0 Å². The van der Waals surface area contributed by atoms with Gasteiger partial charge in [-0.2, -0.15) is 0 Å². The van der Waals surface area contributed by atoms with Gasteiger partial charge in [-0.3, -0.25) is 0 Å². The molecule has 1 aromatic rings. The van der Waals surface area contributed by atoms with Crippen LogP contribution in [0.1, 0.15) is 38.2 Å². The summed E-state index contributed by atoms with van der Waals surface area (Å²) in [6, 6.07) is 0.402. The number of rotatable bonds is 3. The molecule has 0 bridgehead atoms. The highest BCUT2D eigenvalue weighted by atomic mass is 32.1. The Bertz CT molecular complexity index is 367. The molecule has 96 valence electrons. The minimum absolute atomic E-state index is 0.247. The van der Waals surface area contributed by atoms with Crippen molar-refractivity contribution >= 4 is 16.5 Å². The number of anilines is 1. The van der Waals surface area contributed by atoms with Crippen LogP contribution in [0.15, 0.2) is 6.20 Å².